The molecule has 0 aliphatic rings. The molecule has 8 heteroatoms. The third-order valence-electron chi connectivity index (χ3n) is 4.02. The molecule has 3 aromatic rings. The van der Waals surface area contributed by atoms with E-state index in [0.29, 0.717) is 23.2 Å². The molecule has 0 saturated heterocycles. The summed E-state index contributed by atoms with van der Waals surface area (Å²) >= 11 is 0. The Labute approximate surface area is 162 Å². The Morgan fingerprint density at radius 3 is 2.46 bits per heavy atom. The lowest BCUT2D eigenvalue weighted by Crippen LogP contribution is -2.31. The van der Waals surface area contributed by atoms with Crippen LogP contribution in [-0.4, -0.2) is 48.8 Å². The lowest BCUT2D eigenvalue weighted by Gasteiger charge is -2.15. The summed E-state index contributed by atoms with van der Waals surface area (Å²) in [6.07, 6.45) is 0. The third-order valence-corrected chi connectivity index (χ3v) is 4.02. The average molecular weight is 383 g/mol. The molecule has 1 amide bonds. The lowest BCUT2D eigenvalue weighted by atomic mass is 10.2. The summed E-state index contributed by atoms with van der Waals surface area (Å²) in [6.45, 7) is 0.0848. The monoisotopic (exact) mass is 383 g/mol. The van der Waals surface area contributed by atoms with Crippen LogP contribution in [0.4, 0.5) is 0 Å². The van der Waals surface area contributed by atoms with E-state index in [2.05, 4.69) is 10.1 Å². The smallest absolute Gasteiger partial charge is 0.260 e. The summed E-state index contributed by atoms with van der Waals surface area (Å²) in [4.78, 5) is 18.1. The van der Waals surface area contributed by atoms with Gasteiger partial charge >= 0.3 is 0 Å². The van der Waals surface area contributed by atoms with E-state index in [4.69, 9.17) is 18.7 Å². The van der Waals surface area contributed by atoms with Gasteiger partial charge in [-0.15, -0.1) is 0 Å². The minimum atomic E-state index is -0.211. The standard InChI is InChI=1S/C20H21N3O5/c1-23(19(24)13-27-16-9-7-15(25-2)8-10-16)12-18-21-20(22-28-18)14-5-4-6-17(11-14)26-3/h4-11H,12-13H2,1-3H3. The molecule has 0 fully saturated rings. The Balaban J connectivity index is 1.55. The van der Waals surface area contributed by atoms with Crippen LogP contribution in [0.3, 0.4) is 0 Å². The first-order valence-corrected chi connectivity index (χ1v) is 8.57. The predicted molar refractivity (Wildman–Crippen MR) is 101 cm³/mol. The zero-order valence-corrected chi connectivity index (χ0v) is 15.9. The van der Waals surface area contributed by atoms with Gasteiger partial charge in [-0.25, -0.2) is 0 Å². The quantitative estimate of drug-likeness (QED) is 0.591. The van der Waals surface area contributed by atoms with Gasteiger partial charge in [0.25, 0.3) is 5.91 Å². The second-order valence-corrected chi connectivity index (χ2v) is 5.96. The third kappa shape index (κ3) is 4.79. The van der Waals surface area contributed by atoms with Crippen LogP contribution < -0.4 is 14.2 Å². The van der Waals surface area contributed by atoms with Crippen LogP contribution in [0.5, 0.6) is 17.2 Å². The summed E-state index contributed by atoms with van der Waals surface area (Å²) in [5, 5.41) is 3.96. The Bertz CT molecular complexity index is 924. The van der Waals surface area contributed by atoms with Crippen LogP contribution in [-0.2, 0) is 11.3 Å². The van der Waals surface area contributed by atoms with Crippen LogP contribution in [0.25, 0.3) is 11.4 Å². The van der Waals surface area contributed by atoms with Crippen molar-refractivity contribution in [2.24, 2.45) is 0 Å². The molecule has 0 bridgehead atoms. The van der Waals surface area contributed by atoms with Gasteiger partial charge in [-0.1, -0.05) is 17.3 Å². The van der Waals surface area contributed by atoms with Gasteiger partial charge in [0.05, 0.1) is 20.8 Å². The Kier molecular flexibility index (Phi) is 6.11. The predicted octanol–water partition coefficient (Wildman–Crippen LogP) is 2.79. The molecule has 28 heavy (non-hydrogen) atoms. The van der Waals surface area contributed by atoms with Crippen molar-refractivity contribution >= 4 is 5.91 Å². The molecule has 0 radical (unpaired) electrons. The molecule has 1 aromatic heterocycles. The highest BCUT2D eigenvalue weighted by molar-refractivity contribution is 5.77. The second kappa shape index (κ2) is 8.90. The first kappa shape index (κ1) is 19.2. The number of amides is 1. The molecule has 146 valence electrons. The summed E-state index contributed by atoms with van der Waals surface area (Å²) < 4.78 is 21.0. The first-order chi connectivity index (χ1) is 13.6. The molecule has 0 N–H and O–H groups in total. The largest absolute Gasteiger partial charge is 0.497 e. The molecule has 0 saturated carbocycles. The molecule has 8 nitrogen and oxygen atoms in total. The molecular formula is C20H21N3O5. The summed E-state index contributed by atoms with van der Waals surface area (Å²) in [5.74, 6) is 2.56. The van der Waals surface area contributed by atoms with Crippen molar-refractivity contribution in [1.82, 2.24) is 15.0 Å². The van der Waals surface area contributed by atoms with Crippen molar-refractivity contribution < 1.29 is 23.5 Å². The number of rotatable bonds is 8. The van der Waals surface area contributed by atoms with Crippen molar-refractivity contribution in [3.05, 3.63) is 54.4 Å². The van der Waals surface area contributed by atoms with Crippen LogP contribution in [0.15, 0.2) is 53.1 Å². The summed E-state index contributed by atoms with van der Waals surface area (Å²) in [5.41, 5.74) is 0.770. The minimum Gasteiger partial charge on any atom is -0.497 e. The molecular weight excluding hydrogens is 362 g/mol. The average Bonchev–Trinajstić information content (AvgIpc) is 3.20. The van der Waals surface area contributed by atoms with Gasteiger partial charge in [0.15, 0.2) is 6.61 Å². The molecule has 3 rings (SSSR count). The fourth-order valence-corrected chi connectivity index (χ4v) is 2.42. The molecule has 0 unspecified atom stereocenters. The van der Waals surface area contributed by atoms with E-state index in [1.165, 1.54) is 4.90 Å². The van der Waals surface area contributed by atoms with Crippen LogP contribution >= 0.6 is 0 Å². The fraction of sp³-hybridized carbons (Fsp3) is 0.250. The van der Waals surface area contributed by atoms with Crippen molar-refractivity contribution in [2.75, 3.05) is 27.9 Å². The summed E-state index contributed by atoms with van der Waals surface area (Å²) in [6, 6.07) is 14.4. The zero-order valence-electron chi connectivity index (χ0n) is 15.9. The number of carbonyl (C=O) groups is 1. The number of methoxy groups -OCH3 is 2. The molecule has 2 aromatic carbocycles. The fourth-order valence-electron chi connectivity index (χ4n) is 2.42. The van der Waals surface area contributed by atoms with Gasteiger partial charge in [-0.3, -0.25) is 4.79 Å². The van der Waals surface area contributed by atoms with Crippen LogP contribution in [0, 0.1) is 0 Å². The first-order valence-electron chi connectivity index (χ1n) is 8.57. The summed E-state index contributed by atoms with van der Waals surface area (Å²) in [7, 11) is 4.83. The highest BCUT2D eigenvalue weighted by Crippen LogP contribution is 2.21. The lowest BCUT2D eigenvalue weighted by molar-refractivity contribution is -0.132. The number of benzene rings is 2. The van der Waals surface area contributed by atoms with E-state index in [1.807, 2.05) is 24.3 Å². The number of aromatic nitrogens is 2. The second-order valence-electron chi connectivity index (χ2n) is 5.96. The van der Waals surface area contributed by atoms with Crippen molar-refractivity contribution in [1.29, 1.82) is 0 Å². The van der Waals surface area contributed by atoms with Crippen molar-refractivity contribution in [3.8, 4) is 28.6 Å². The van der Waals surface area contributed by atoms with Gasteiger partial charge < -0.3 is 23.6 Å². The number of hydrogen-bond donors (Lipinski definition) is 0. The maximum absolute atomic E-state index is 12.3. The van der Waals surface area contributed by atoms with Gasteiger partial charge in [-0.2, -0.15) is 4.98 Å². The van der Waals surface area contributed by atoms with Gasteiger partial charge in [-0.05, 0) is 36.4 Å². The Morgan fingerprint density at radius 1 is 1.04 bits per heavy atom. The molecule has 1 heterocycles. The van der Waals surface area contributed by atoms with Crippen molar-refractivity contribution in [3.63, 3.8) is 0 Å². The molecule has 0 aliphatic carbocycles. The topological polar surface area (TPSA) is 86.9 Å². The van der Waals surface area contributed by atoms with E-state index in [0.717, 1.165) is 11.3 Å². The molecule has 0 atom stereocenters. The van der Waals surface area contributed by atoms with Gasteiger partial charge in [0.2, 0.25) is 11.7 Å². The maximum Gasteiger partial charge on any atom is 0.260 e. The highest BCUT2D eigenvalue weighted by Gasteiger charge is 2.15. The van der Waals surface area contributed by atoms with E-state index in [-0.39, 0.29) is 19.1 Å². The normalized spacial score (nSPS) is 10.4. The maximum atomic E-state index is 12.3. The number of ether oxygens (including phenoxy) is 3. The van der Waals surface area contributed by atoms with E-state index >= 15 is 0 Å². The number of nitrogens with zero attached hydrogens (tertiary/aromatic N) is 3. The van der Waals surface area contributed by atoms with Gasteiger partial charge in [0.1, 0.15) is 17.2 Å². The Hall–Kier alpha value is -3.55. The molecule has 0 spiro atoms. The zero-order chi connectivity index (χ0) is 19.9. The van der Waals surface area contributed by atoms with Crippen molar-refractivity contribution in [2.45, 2.75) is 6.54 Å². The molecule has 0 aliphatic heterocycles. The van der Waals surface area contributed by atoms with E-state index < -0.39 is 0 Å². The van der Waals surface area contributed by atoms with Gasteiger partial charge in [0, 0.05) is 12.6 Å². The number of likely N-dealkylation sites (N-methyl/N-ethyl adjacent to an activating group) is 1. The van der Waals surface area contributed by atoms with E-state index in [9.17, 15) is 4.79 Å². The minimum absolute atomic E-state index is 0.0975. The number of hydrogen-bond acceptors (Lipinski definition) is 7. The Morgan fingerprint density at radius 2 is 1.75 bits per heavy atom. The van der Waals surface area contributed by atoms with Crippen LogP contribution in [0.2, 0.25) is 0 Å². The van der Waals surface area contributed by atoms with Crippen LogP contribution in [0.1, 0.15) is 5.89 Å². The number of carbonyl (C=O) groups excluding carboxylic acids is 1. The SMILES string of the molecule is COc1ccc(OCC(=O)N(C)Cc2nc(-c3cccc(OC)c3)no2)cc1. The highest BCUT2D eigenvalue weighted by atomic mass is 16.5. The van der Waals surface area contributed by atoms with E-state index in [1.54, 1.807) is 45.5 Å².